The van der Waals surface area contributed by atoms with Crippen LogP contribution < -0.4 is 10.1 Å². The topological polar surface area (TPSA) is 58.6 Å². The van der Waals surface area contributed by atoms with Crippen molar-refractivity contribution < 1.29 is 14.3 Å². The molecule has 1 unspecified atom stereocenters. The number of amides is 2. The summed E-state index contributed by atoms with van der Waals surface area (Å²) in [5.41, 5.74) is 4.19. The SMILES string of the molecule is CCNC(=O)C(CC)N(Cc1ccc(OC)cc1)C(=O)Cc1cc(C)cc(C)c1. The zero-order valence-corrected chi connectivity index (χ0v) is 18.1. The maximum Gasteiger partial charge on any atom is 0.242 e. The lowest BCUT2D eigenvalue weighted by atomic mass is 10.0. The van der Waals surface area contributed by atoms with Gasteiger partial charge in [-0.3, -0.25) is 9.59 Å². The molecule has 1 atom stereocenters. The molecule has 0 heterocycles. The summed E-state index contributed by atoms with van der Waals surface area (Å²) in [6, 6.07) is 13.3. The van der Waals surface area contributed by atoms with Crippen LogP contribution in [0.5, 0.6) is 5.75 Å². The fourth-order valence-corrected chi connectivity index (χ4v) is 3.59. The molecule has 0 bridgehead atoms. The second-order valence-corrected chi connectivity index (χ2v) is 7.36. The monoisotopic (exact) mass is 396 g/mol. The average molecular weight is 397 g/mol. The molecule has 0 saturated carbocycles. The number of benzene rings is 2. The molecule has 0 aliphatic heterocycles. The van der Waals surface area contributed by atoms with E-state index < -0.39 is 6.04 Å². The Morgan fingerprint density at radius 2 is 1.62 bits per heavy atom. The maximum atomic E-state index is 13.3. The smallest absolute Gasteiger partial charge is 0.242 e. The highest BCUT2D eigenvalue weighted by Gasteiger charge is 2.28. The van der Waals surface area contributed by atoms with Crippen molar-refractivity contribution in [1.29, 1.82) is 0 Å². The van der Waals surface area contributed by atoms with E-state index in [1.807, 2.05) is 64.1 Å². The molecule has 1 N–H and O–H groups in total. The highest BCUT2D eigenvalue weighted by Crippen LogP contribution is 2.18. The van der Waals surface area contributed by atoms with E-state index in [0.29, 0.717) is 19.5 Å². The number of aryl methyl sites for hydroxylation is 2. The average Bonchev–Trinajstić information content (AvgIpc) is 2.67. The maximum absolute atomic E-state index is 13.3. The van der Waals surface area contributed by atoms with Crippen molar-refractivity contribution in [3.63, 3.8) is 0 Å². The Hall–Kier alpha value is -2.82. The summed E-state index contributed by atoms with van der Waals surface area (Å²) in [6.45, 7) is 8.79. The van der Waals surface area contributed by atoms with E-state index in [1.165, 1.54) is 0 Å². The van der Waals surface area contributed by atoms with Gasteiger partial charge in [0.2, 0.25) is 11.8 Å². The Bertz CT molecular complexity index is 810. The molecule has 0 radical (unpaired) electrons. The highest BCUT2D eigenvalue weighted by atomic mass is 16.5. The molecule has 2 amide bonds. The number of likely N-dealkylation sites (N-methyl/N-ethyl adjacent to an activating group) is 1. The lowest BCUT2D eigenvalue weighted by Gasteiger charge is -2.30. The van der Waals surface area contributed by atoms with Crippen LogP contribution in [0, 0.1) is 13.8 Å². The van der Waals surface area contributed by atoms with Crippen LogP contribution in [0.15, 0.2) is 42.5 Å². The van der Waals surface area contributed by atoms with Gasteiger partial charge in [-0.05, 0) is 50.5 Å². The summed E-state index contributed by atoms with van der Waals surface area (Å²) in [6.07, 6.45) is 0.829. The van der Waals surface area contributed by atoms with Gasteiger partial charge in [-0.15, -0.1) is 0 Å². The second kappa shape index (κ2) is 10.6. The molecule has 2 rings (SSSR count). The van der Waals surface area contributed by atoms with Crippen molar-refractivity contribution in [2.24, 2.45) is 0 Å². The Morgan fingerprint density at radius 1 is 1.00 bits per heavy atom. The number of nitrogens with one attached hydrogen (secondary N) is 1. The Morgan fingerprint density at radius 3 is 2.14 bits per heavy atom. The van der Waals surface area contributed by atoms with Crippen LogP contribution in [0.2, 0.25) is 0 Å². The van der Waals surface area contributed by atoms with E-state index in [9.17, 15) is 9.59 Å². The van der Waals surface area contributed by atoms with Gasteiger partial charge in [0.15, 0.2) is 0 Å². The summed E-state index contributed by atoms with van der Waals surface area (Å²) >= 11 is 0. The number of carbonyl (C=O) groups is 2. The molecule has 2 aromatic rings. The van der Waals surface area contributed by atoms with E-state index in [1.54, 1.807) is 12.0 Å². The number of carbonyl (C=O) groups excluding carboxylic acids is 2. The van der Waals surface area contributed by atoms with Crippen molar-refractivity contribution in [3.05, 3.63) is 64.7 Å². The van der Waals surface area contributed by atoms with Crippen molar-refractivity contribution in [1.82, 2.24) is 10.2 Å². The molecule has 29 heavy (non-hydrogen) atoms. The van der Waals surface area contributed by atoms with Gasteiger partial charge in [0.1, 0.15) is 11.8 Å². The molecule has 5 heteroatoms. The van der Waals surface area contributed by atoms with Gasteiger partial charge in [-0.1, -0.05) is 48.4 Å². The van der Waals surface area contributed by atoms with E-state index in [4.69, 9.17) is 4.74 Å². The molecule has 156 valence electrons. The largest absolute Gasteiger partial charge is 0.497 e. The van der Waals surface area contributed by atoms with Gasteiger partial charge in [-0.2, -0.15) is 0 Å². The van der Waals surface area contributed by atoms with E-state index in [2.05, 4.69) is 11.4 Å². The summed E-state index contributed by atoms with van der Waals surface area (Å²) in [7, 11) is 1.62. The minimum absolute atomic E-state index is 0.0519. The van der Waals surface area contributed by atoms with Crippen molar-refractivity contribution in [2.45, 2.75) is 53.1 Å². The Labute approximate surface area is 174 Å². The molecule has 0 aromatic heterocycles. The standard InChI is InChI=1S/C24H32N2O3/c1-6-22(24(28)25-7-2)26(16-19-8-10-21(29-5)11-9-19)23(27)15-20-13-17(3)12-18(4)14-20/h8-14,22H,6-7,15-16H2,1-5H3,(H,25,28). The van der Waals surface area contributed by atoms with Crippen LogP contribution in [0.3, 0.4) is 0 Å². The number of methoxy groups -OCH3 is 1. The summed E-state index contributed by atoms with van der Waals surface area (Å²) < 4.78 is 5.22. The van der Waals surface area contributed by atoms with Crippen LogP contribution in [-0.2, 0) is 22.6 Å². The first-order valence-corrected chi connectivity index (χ1v) is 10.1. The minimum atomic E-state index is -0.504. The van der Waals surface area contributed by atoms with Crippen molar-refractivity contribution in [2.75, 3.05) is 13.7 Å². The Kier molecular flexibility index (Phi) is 8.25. The fraction of sp³-hybridized carbons (Fsp3) is 0.417. The van der Waals surface area contributed by atoms with Gasteiger partial charge in [-0.25, -0.2) is 0 Å². The fourth-order valence-electron chi connectivity index (χ4n) is 3.59. The first-order chi connectivity index (χ1) is 13.9. The van der Waals surface area contributed by atoms with Gasteiger partial charge >= 0.3 is 0 Å². The third-order valence-electron chi connectivity index (χ3n) is 4.89. The number of ether oxygens (including phenoxy) is 1. The molecule has 0 fully saturated rings. The van der Waals surface area contributed by atoms with Crippen LogP contribution >= 0.6 is 0 Å². The molecule has 2 aromatic carbocycles. The third-order valence-corrected chi connectivity index (χ3v) is 4.89. The lowest BCUT2D eigenvalue weighted by Crippen LogP contribution is -2.49. The first kappa shape index (κ1) is 22.5. The molecule has 0 aliphatic carbocycles. The number of hydrogen-bond acceptors (Lipinski definition) is 3. The molecule has 0 aliphatic rings. The quantitative estimate of drug-likeness (QED) is 0.701. The molecular weight excluding hydrogens is 364 g/mol. The number of rotatable bonds is 9. The second-order valence-electron chi connectivity index (χ2n) is 7.36. The third kappa shape index (κ3) is 6.34. The molecule has 0 spiro atoms. The molecule has 5 nitrogen and oxygen atoms in total. The van der Waals surface area contributed by atoms with Crippen LogP contribution in [0.4, 0.5) is 0 Å². The van der Waals surface area contributed by atoms with Gasteiger partial charge in [0.05, 0.1) is 13.5 Å². The zero-order valence-electron chi connectivity index (χ0n) is 18.1. The van der Waals surface area contributed by atoms with Crippen LogP contribution in [-0.4, -0.2) is 36.4 Å². The van der Waals surface area contributed by atoms with E-state index in [0.717, 1.165) is 28.0 Å². The van der Waals surface area contributed by atoms with Crippen molar-refractivity contribution in [3.8, 4) is 5.75 Å². The minimum Gasteiger partial charge on any atom is -0.497 e. The van der Waals surface area contributed by atoms with Crippen LogP contribution in [0.1, 0.15) is 42.5 Å². The zero-order chi connectivity index (χ0) is 21.4. The Balaban J connectivity index is 2.30. The first-order valence-electron chi connectivity index (χ1n) is 10.1. The summed E-state index contributed by atoms with van der Waals surface area (Å²) in [5, 5.41) is 2.87. The predicted molar refractivity (Wildman–Crippen MR) is 116 cm³/mol. The molecular formula is C24H32N2O3. The van der Waals surface area contributed by atoms with Crippen LogP contribution in [0.25, 0.3) is 0 Å². The number of nitrogens with zero attached hydrogens (tertiary/aromatic N) is 1. The summed E-state index contributed by atoms with van der Waals surface area (Å²) in [4.78, 5) is 27.6. The number of hydrogen-bond donors (Lipinski definition) is 1. The lowest BCUT2D eigenvalue weighted by molar-refractivity contribution is -0.140. The highest BCUT2D eigenvalue weighted by molar-refractivity contribution is 5.88. The van der Waals surface area contributed by atoms with Gasteiger partial charge < -0.3 is 15.0 Å². The van der Waals surface area contributed by atoms with E-state index in [-0.39, 0.29) is 18.2 Å². The predicted octanol–water partition coefficient (Wildman–Crippen LogP) is 3.80. The van der Waals surface area contributed by atoms with Crippen molar-refractivity contribution >= 4 is 11.8 Å². The molecule has 0 saturated heterocycles. The van der Waals surface area contributed by atoms with Gasteiger partial charge in [0.25, 0.3) is 0 Å². The normalized spacial score (nSPS) is 11.6. The van der Waals surface area contributed by atoms with E-state index >= 15 is 0 Å². The summed E-state index contributed by atoms with van der Waals surface area (Å²) in [5.74, 6) is 0.596. The van der Waals surface area contributed by atoms with Gasteiger partial charge in [0, 0.05) is 13.1 Å².